The van der Waals surface area contributed by atoms with Crippen LogP contribution in [0.15, 0.2) is 30.5 Å². The molecule has 27 heavy (non-hydrogen) atoms. The first kappa shape index (κ1) is 17.7. The first-order valence-corrected chi connectivity index (χ1v) is 9.35. The lowest BCUT2D eigenvalue weighted by molar-refractivity contribution is 0.477. The maximum absolute atomic E-state index is 14.0. The summed E-state index contributed by atoms with van der Waals surface area (Å²) in [4.78, 5) is 13.7. The molecular weight excluding hydrogens is 345 g/mol. The van der Waals surface area contributed by atoms with Crippen molar-refractivity contribution < 1.29 is 4.39 Å². The minimum atomic E-state index is -0.320. The molecule has 4 rings (SSSR count). The summed E-state index contributed by atoms with van der Waals surface area (Å²) < 4.78 is 16.0. The molecule has 0 atom stereocenters. The SMILES string of the molecule is CC(C)n1c(Nc2ccccc2F)nc2cnc(NC3CCNCC3)nc21. The van der Waals surface area contributed by atoms with Crippen molar-refractivity contribution in [1.29, 1.82) is 0 Å². The molecule has 1 saturated heterocycles. The Morgan fingerprint density at radius 2 is 1.96 bits per heavy atom. The molecule has 0 radical (unpaired) electrons. The first-order chi connectivity index (χ1) is 13.1. The Bertz CT molecular complexity index is 931. The summed E-state index contributed by atoms with van der Waals surface area (Å²) >= 11 is 0. The maximum Gasteiger partial charge on any atom is 0.224 e. The monoisotopic (exact) mass is 369 g/mol. The molecule has 1 aliphatic heterocycles. The van der Waals surface area contributed by atoms with Crippen LogP contribution in [0.1, 0.15) is 32.7 Å². The van der Waals surface area contributed by atoms with Gasteiger partial charge in [0.2, 0.25) is 11.9 Å². The smallest absolute Gasteiger partial charge is 0.224 e. The van der Waals surface area contributed by atoms with Crippen molar-refractivity contribution in [1.82, 2.24) is 24.8 Å². The number of aromatic nitrogens is 4. The van der Waals surface area contributed by atoms with Crippen molar-refractivity contribution in [2.45, 2.75) is 38.8 Å². The standard InChI is InChI=1S/C19H24FN7/c1-12(2)27-17-16(25-19(27)24-15-6-4-3-5-14(15)20)11-22-18(26-17)23-13-7-9-21-10-8-13/h3-6,11-13,21H,7-10H2,1-2H3,(H,24,25)(H,22,23,26). The molecule has 8 heteroatoms. The molecule has 0 spiro atoms. The predicted molar refractivity (Wildman–Crippen MR) is 105 cm³/mol. The fourth-order valence-corrected chi connectivity index (χ4v) is 3.37. The number of hydrogen-bond donors (Lipinski definition) is 3. The Balaban J connectivity index is 1.68. The molecule has 1 aliphatic rings. The van der Waals surface area contributed by atoms with Gasteiger partial charge in [0.05, 0.1) is 11.9 Å². The summed E-state index contributed by atoms with van der Waals surface area (Å²) in [5, 5.41) is 9.87. The number of nitrogens with one attached hydrogen (secondary N) is 3. The van der Waals surface area contributed by atoms with E-state index in [9.17, 15) is 4.39 Å². The van der Waals surface area contributed by atoms with Gasteiger partial charge in [0.15, 0.2) is 5.65 Å². The van der Waals surface area contributed by atoms with Gasteiger partial charge >= 0.3 is 0 Å². The summed E-state index contributed by atoms with van der Waals surface area (Å²) in [5.41, 5.74) is 1.80. The summed E-state index contributed by atoms with van der Waals surface area (Å²) in [6.45, 7) is 6.10. The molecule has 0 unspecified atom stereocenters. The number of imidazole rings is 1. The molecule has 2 aromatic heterocycles. The number of para-hydroxylation sites is 1. The van der Waals surface area contributed by atoms with Gasteiger partial charge in [-0.15, -0.1) is 0 Å². The van der Waals surface area contributed by atoms with Crippen molar-refractivity contribution in [3.05, 3.63) is 36.3 Å². The fraction of sp³-hybridized carbons (Fsp3) is 0.421. The molecule has 1 aromatic carbocycles. The Kier molecular flexibility index (Phi) is 4.89. The van der Waals surface area contributed by atoms with E-state index in [-0.39, 0.29) is 11.9 Å². The lowest BCUT2D eigenvalue weighted by atomic mass is 10.1. The van der Waals surface area contributed by atoms with Gasteiger partial charge < -0.3 is 16.0 Å². The summed E-state index contributed by atoms with van der Waals surface area (Å²) in [5.74, 6) is 0.839. The number of nitrogens with zero attached hydrogens (tertiary/aromatic N) is 4. The molecule has 3 N–H and O–H groups in total. The zero-order chi connectivity index (χ0) is 18.8. The molecular formula is C19H24FN7. The Morgan fingerprint density at radius 1 is 1.19 bits per heavy atom. The lowest BCUT2D eigenvalue weighted by Crippen LogP contribution is -2.35. The van der Waals surface area contributed by atoms with E-state index in [1.54, 1.807) is 24.4 Å². The van der Waals surface area contributed by atoms with Crippen LogP contribution in [0.4, 0.5) is 22.0 Å². The number of rotatable bonds is 5. The number of fused-ring (bicyclic) bond motifs is 1. The predicted octanol–water partition coefficient (Wildman–Crippen LogP) is 3.45. The number of halogens is 1. The van der Waals surface area contributed by atoms with Crippen LogP contribution < -0.4 is 16.0 Å². The zero-order valence-corrected chi connectivity index (χ0v) is 15.5. The van der Waals surface area contributed by atoms with Gasteiger partial charge in [0, 0.05) is 12.1 Å². The van der Waals surface area contributed by atoms with Crippen LogP contribution in [0, 0.1) is 5.82 Å². The van der Waals surface area contributed by atoms with E-state index >= 15 is 0 Å². The third-order valence-electron chi connectivity index (χ3n) is 4.74. The van der Waals surface area contributed by atoms with Gasteiger partial charge in [-0.1, -0.05) is 12.1 Å². The van der Waals surface area contributed by atoms with Crippen LogP contribution in [-0.2, 0) is 0 Å². The second kappa shape index (κ2) is 7.48. The van der Waals surface area contributed by atoms with Gasteiger partial charge in [0.1, 0.15) is 11.3 Å². The van der Waals surface area contributed by atoms with Gasteiger partial charge in [-0.2, -0.15) is 4.98 Å². The molecule has 1 fully saturated rings. The fourth-order valence-electron chi connectivity index (χ4n) is 3.37. The van der Waals surface area contributed by atoms with E-state index < -0.39 is 0 Å². The molecule has 0 bridgehead atoms. The van der Waals surface area contributed by atoms with Crippen molar-refractivity contribution in [3.8, 4) is 0 Å². The molecule has 0 saturated carbocycles. The topological polar surface area (TPSA) is 79.7 Å². The van der Waals surface area contributed by atoms with Crippen LogP contribution in [0.3, 0.4) is 0 Å². The van der Waals surface area contributed by atoms with Crippen molar-refractivity contribution >= 4 is 28.7 Å². The van der Waals surface area contributed by atoms with Crippen LogP contribution in [0.5, 0.6) is 0 Å². The molecule has 0 amide bonds. The van der Waals surface area contributed by atoms with Crippen LogP contribution >= 0.6 is 0 Å². The highest BCUT2D eigenvalue weighted by Crippen LogP contribution is 2.27. The average molecular weight is 369 g/mol. The van der Waals surface area contributed by atoms with Crippen molar-refractivity contribution in [2.75, 3.05) is 23.7 Å². The molecule has 142 valence electrons. The molecule has 0 aliphatic carbocycles. The van der Waals surface area contributed by atoms with Gasteiger partial charge in [-0.05, 0) is 51.9 Å². The van der Waals surface area contributed by atoms with Crippen LogP contribution in [0.2, 0.25) is 0 Å². The first-order valence-electron chi connectivity index (χ1n) is 9.35. The third-order valence-corrected chi connectivity index (χ3v) is 4.74. The summed E-state index contributed by atoms with van der Waals surface area (Å²) in [7, 11) is 0. The second-order valence-electron chi connectivity index (χ2n) is 7.08. The maximum atomic E-state index is 14.0. The normalized spacial score (nSPS) is 15.4. The largest absolute Gasteiger partial charge is 0.351 e. The zero-order valence-electron chi connectivity index (χ0n) is 15.5. The van der Waals surface area contributed by atoms with Crippen LogP contribution in [0.25, 0.3) is 11.2 Å². The van der Waals surface area contributed by atoms with Crippen molar-refractivity contribution in [3.63, 3.8) is 0 Å². The van der Waals surface area contributed by atoms with Crippen molar-refractivity contribution in [2.24, 2.45) is 0 Å². The number of hydrogen-bond acceptors (Lipinski definition) is 6. The van der Waals surface area contributed by atoms with E-state index in [4.69, 9.17) is 4.98 Å². The highest BCUT2D eigenvalue weighted by Gasteiger charge is 2.19. The van der Waals surface area contributed by atoms with E-state index in [0.717, 1.165) is 31.6 Å². The Morgan fingerprint density at radius 3 is 2.70 bits per heavy atom. The average Bonchev–Trinajstić information content (AvgIpc) is 3.02. The minimum Gasteiger partial charge on any atom is -0.351 e. The number of benzene rings is 1. The highest BCUT2D eigenvalue weighted by molar-refractivity contribution is 5.76. The van der Waals surface area contributed by atoms with Gasteiger partial charge in [0.25, 0.3) is 0 Å². The van der Waals surface area contributed by atoms with E-state index in [0.29, 0.717) is 29.1 Å². The van der Waals surface area contributed by atoms with Crippen LogP contribution in [-0.4, -0.2) is 38.7 Å². The summed E-state index contributed by atoms with van der Waals surface area (Å²) in [6, 6.07) is 7.03. The van der Waals surface area contributed by atoms with E-state index in [2.05, 4.69) is 39.8 Å². The minimum absolute atomic E-state index is 0.103. The number of anilines is 3. The summed E-state index contributed by atoms with van der Waals surface area (Å²) in [6.07, 6.45) is 3.81. The van der Waals surface area contributed by atoms with E-state index in [1.807, 2.05) is 4.57 Å². The number of piperidine rings is 1. The quantitative estimate of drug-likeness (QED) is 0.639. The lowest BCUT2D eigenvalue weighted by Gasteiger charge is -2.23. The van der Waals surface area contributed by atoms with Gasteiger partial charge in [-0.25, -0.2) is 14.4 Å². The molecule has 3 heterocycles. The highest BCUT2D eigenvalue weighted by atomic mass is 19.1. The van der Waals surface area contributed by atoms with E-state index in [1.165, 1.54) is 6.07 Å². The molecule has 7 nitrogen and oxygen atoms in total. The Hall–Kier alpha value is -2.74. The Labute approximate surface area is 157 Å². The molecule has 3 aromatic rings. The van der Waals surface area contributed by atoms with Gasteiger partial charge in [-0.3, -0.25) is 4.57 Å². The third kappa shape index (κ3) is 3.71. The second-order valence-corrected chi connectivity index (χ2v) is 7.08.